The number of fused-ring (bicyclic) bond motifs is 3. The first-order valence-electron chi connectivity index (χ1n) is 6.87. The third-order valence-electron chi connectivity index (χ3n) is 4.76. The van der Waals surface area contributed by atoms with Gasteiger partial charge < -0.3 is 5.11 Å². The number of aryl methyl sites for hydroxylation is 1. The lowest BCUT2D eigenvalue weighted by Crippen LogP contribution is -2.01. The number of aliphatic hydroxyl groups excluding tert-OH is 1. The van der Waals surface area contributed by atoms with Gasteiger partial charge >= 0.3 is 0 Å². The van der Waals surface area contributed by atoms with E-state index in [1.54, 1.807) is 11.3 Å². The van der Waals surface area contributed by atoms with Crippen molar-refractivity contribution in [3.63, 3.8) is 0 Å². The molecule has 0 bridgehead atoms. The van der Waals surface area contributed by atoms with Gasteiger partial charge in [-0.05, 0) is 79.6 Å². The highest BCUT2D eigenvalue weighted by atomic mass is 79.9. The van der Waals surface area contributed by atoms with Gasteiger partial charge in [-0.2, -0.15) is 0 Å². The minimum absolute atomic E-state index is 0.354. The van der Waals surface area contributed by atoms with Crippen LogP contribution < -0.4 is 0 Å². The molecule has 1 aromatic heterocycles. The summed E-state index contributed by atoms with van der Waals surface area (Å²) in [5, 5.41) is 10.8. The fourth-order valence-electron chi connectivity index (χ4n) is 3.81. The van der Waals surface area contributed by atoms with Gasteiger partial charge in [0.1, 0.15) is 0 Å². The molecule has 1 saturated carbocycles. The molecule has 1 aromatic carbocycles. The van der Waals surface area contributed by atoms with Gasteiger partial charge in [-0.25, -0.2) is 0 Å². The monoisotopic (exact) mass is 412 g/mol. The first kappa shape index (κ1) is 13.5. The Labute approximate surface area is 139 Å². The van der Waals surface area contributed by atoms with E-state index in [2.05, 4.69) is 62.2 Å². The standard InChI is InChI=1S/C16H14Br2OS/c17-12-7-11(16(18)20-12)15(19)14-10-6-5-8-3-1-2-4-9(8)13(10)14/h1-4,7,10,13-15,19H,5-6H2. The molecule has 2 aliphatic rings. The van der Waals surface area contributed by atoms with E-state index in [0.29, 0.717) is 17.8 Å². The van der Waals surface area contributed by atoms with Crippen LogP contribution in [0.4, 0.5) is 0 Å². The number of hydrogen-bond donors (Lipinski definition) is 1. The van der Waals surface area contributed by atoms with Crippen molar-refractivity contribution >= 4 is 43.2 Å². The van der Waals surface area contributed by atoms with Crippen LogP contribution in [0.1, 0.15) is 35.1 Å². The predicted molar refractivity (Wildman–Crippen MR) is 89.2 cm³/mol. The number of hydrogen-bond acceptors (Lipinski definition) is 2. The molecule has 20 heavy (non-hydrogen) atoms. The van der Waals surface area contributed by atoms with Crippen molar-refractivity contribution in [1.29, 1.82) is 0 Å². The van der Waals surface area contributed by atoms with Gasteiger partial charge in [0.15, 0.2) is 0 Å². The van der Waals surface area contributed by atoms with Gasteiger partial charge in [0.25, 0.3) is 0 Å². The Kier molecular flexibility index (Phi) is 3.33. The van der Waals surface area contributed by atoms with Crippen LogP contribution in [-0.2, 0) is 6.42 Å². The smallest absolute Gasteiger partial charge is 0.0846 e. The second-order valence-corrected chi connectivity index (χ2v) is 9.48. The fraction of sp³-hybridized carbons (Fsp3) is 0.375. The normalized spacial score (nSPS) is 28.6. The Morgan fingerprint density at radius 1 is 1.25 bits per heavy atom. The molecule has 1 nitrogen and oxygen atoms in total. The molecule has 1 fully saturated rings. The second-order valence-electron chi connectivity index (χ2n) is 5.73. The minimum atomic E-state index is -0.354. The molecule has 1 N–H and O–H groups in total. The third kappa shape index (κ3) is 2.04. The molecule has 1 heterocycles. The fourth-order valence-corrected chi connectivity index (χ4v) is 6.72. The van der Waals surface area contributed by atoms with E-state index in [1.807, 2.05) is 0 Å². The molecule has 2 aliphatic carbocycles. The van der Waals surface area contributed by atoms with Gasteiger partial charge in [0, 0.05) is 5.56 Å². The molecule has 0 radical (unpaired) electrons. The molecule has 4 rings (SSSR count). The Balaban J connectivity index is 1.65. The Hall–Kier alpha value is -0.160. The molecule has 4 unspecified atom stereocenters. The highest BCUT2D eigenvalue weighted by molar-refractivity contribution is 9.12. The maximum absolute atomic E-state index is 10.8. The summed E-state index contributed by atoms with van der Waals surface area (Å²) in [6.07, 6.45) is 2.02. The number of halogens is 2. The lowest BCUT2D eigenvalue weighted by molar-refractivity contribution is 0.144. The lowest BCUT2D eigenvalue weighted by Gasteiger charge is -2.13. The van der Waals surface area contributed by atoms with Gasteiger partial charge in [-0.1, -0.05) is 24.3 Å². The number of aliphatic hydroxyl groups is 1. The predicted octanol–water partition coefficient (Wildman–Crippen LogP) is 5.28. The van der Waals surface area contributed by atoms with Crippen molar-refractivity contribution in [2.45, 2.75) is 24.9 Å². The molecule has 2 aromatic rings. The topological polar surface area (TPSA) is 20.2 Å². The highest BCUT2D eigenvalue weighted by Gasteiger charge is 2.56. The molecule has 4 atom stereocenters. The minimum Gasteiger partial charge on any atom is -0.388 e. The number of thiophene rings is 1. The largest absolute Gasteiger partial charge is 0.388 e. The van der Waals surface area contributed by atoms with E-state index in [0.717, 1.165) is 19.6 Å². The summed E-state index contributed by atoms with van der Waals surface area (Å²) in [5.74, 6) is 1.60. The summed E-state index contributed by atoms with van der Waals surface area (Å²) in [6, 6.07) is 10.8. The quantitative estimate of drug-likeness (QED) is 0.709. The van der Waals surface area contributed by atoms with Gasteiger partial charge in [-0.15, -0.1) is 11.3 Å². The molecular formula is C16H14Br2OS. The van der Waals surface area contributed by atoms with Crippen LogP contribution in [0.25, 0.3) is 0 Å². The van der Waals surface area contributed by atoms with Gasteiger partial charge in [0.2, 0.25) is 0 Å². The Morgan fingerprint density at radius 2 is 2.05 bits per heavy atom. The average molecular weight is 414 g/mol. The van der Waals surface area contributed by atoms with E-state index < -0.39 is 0 Å². The summed E-state index contributed by atoms with van der Waals surface area (Å²) < 4.78 is 2.12. The Bertz CT molecular complexity index is 666. The second kappa shape index (κ2) is 4.94. The van der Waals surface area contributed by atoms with E-state index in [1.165, 1.54) is 17.5 Å². The molecule has 0 aliphatic heterocycles. The van der Waals surface area contributed by atoms with Crippen molar-refractivity contribution in [1.82, 2.24) is 0 Å². The van der Waals surface area contributed by atoms with Gasteiger partial charge in [-0.3, -0.25) is 0 Å². The SMILES string of the molecule is OC(c1cc(Br)sc1Br)C1C2CCc3ccccc3C21. The van der Waals surface area contributed by atoms with Crippen LogP contribution in [0.5, 0.6) is 0 Å². The van der Waals surface area contributed by atoms with E-state index in [9.17, 15) is 5.11 Å². The first-order valence-corrected chi connectivity index (χ1v) is 9.27. The summed E-state index contributed by atoms with van der Waals surface area (Å²) in [7, 11) is 0. The molecule has 0 amide bonds. The number of rotatable bonds is 2. The van der Waals surface area contributed by atoms with Crippen LogP contribution >= 0.6 is 43.2 Å². The highest BCUT2D eigenvalue weighted by Crippen LogP contribution is 2.64. The van der Waals surface area contributed by atoms with Crippen LogP contribution in [-0.4, -0.2) is 5.11 Å². The van der Waals surface area contributed by atoms with Crippen LogP contribution in [0.2, 0.25) is 0 Å². The molecular weight excluding hydrogens is 400 g/mol. The van der Waals surface area contributed by atoms with Crippen molar-refractivity contribution < 1.29 is 5.11 Å². The summed E-state index contributed by atoms with van der Waals surface area (Å²) in [6.45, 7) is 0. The van der Waals surface area contributed by atoms with Crippen molar-refractivity contribution in [2.24, 2.45) is 11.8 Å². The van der Waals surface area contributed by atoms with Crippen molar-refractivity contribution in [2.75, 3.05) is 0 Å². The number of benzene rings is 1. The molecule has 0 saturated heterocycles. The van der Waals surface area contributed by atoms with E-state index in [4.69, 9.17) is 0 Å². The van der Waals surface area contributed by atoms with E-state index in [-0.39, 0.29) is 6.10 Å². The summed E-state index contributed by atoms with van der Waals surface area (Å²) in [5.41, 5.74) is 3.99. The first-order chi connectivity index (χ1) is 9.66. The maximum atomic E-state index is 10.8. The zero-order chi connectivity index (χ0) is 13.9. The van der Waals surface area contributed by atoms with Crippen molar-refractivity contribution in [3.8, 4) is 0 Å². The summed E-state index contributed by atoms with van der Waals surface area (Å²) >= 11 is 8.71. The zero-order valence-corrected chi connectivity index (χ0v) is 14.7. The van der Waals surface area contributed by atoms with Crippen molar-refractivity contribution in [3.05, 3.63) is 54.6 Å². The average Bonchev–Trinajstić information content (AvgIpc) is 3.09. The third-order valence-corrected chi connectivity index (χ3v) is 7.14. The van der Waals surface area contributed by atoms with Crippen LogP contribution in [0, 0.1) is 11.8 Å². The maximum Gasteiger partial charge on any atom is 0.0846 e. The lowest BCUT2D eigenvalue weighted by atomic mass is 9.92. The zero-order valence-electron chi connectivity index (χ0n) is 10.7. The van der Waals surface area contributed by atoms with E-state index >= 15 is 0 Å². The van der Waals surface area contributed by atoms with Crippen LogP contribution in [0.3, 0.4) is 0 Å². The molecule has 104 valence electrons. The van der Waals surface area contributed by atoms with Gasteiger partial charge in [0.05, 0.1) is 13.7 Å². The molecule has 0 spiro atoms. The molecule has 4 heteroatoms. The van der Waals surface area contributed by atoms with Crippen LogP contribution in [0.15, 0.2) is 37.9 Å². The summed E-state index contributed by atoms with van der Waals surface area (Å²) in [4.78, 5) is 0. The Morgan fingerprint density at radius 3 is 2.80 bits per heavy atom.